The second-order valence-corrected chi connectivity index (χ2v) is 4.73. The zero-order valence-corrected chi connectivity index (χ0v) is 11.1. The number of carboxylic acid groups (broad SMARTS) is 1. The molecule has 2 heterocycles. The van der Waals surface area contributed by atoms with Gasteiger partial charge in [0.15, 0.2) is 5.69 Å². The Labute approximate surface area is 116 Å². The van der Waals surface area contributed by atoms with Gasteiger partial charge in [-0.15, -0.1) is 0 Å². The SMILES string of the molecule is O=C(NCCn1cnc(C(=O)O)c1)NC1CCNCC1. The largest absolute Gasteiger partial charge is 0.476 e. The Bertz CT molecular complexity index is 467. The number of urea groups is 1. The molecule has 1 aliphatic rings. The number of imidazole rings is 1. The topological polar surface area (TPSA) is 108 Å². The van der Waals surface area contributed by atoms with E-state index in [0.717, 1.165) is 25.9 Å². The molecule has 0 bridgehead atoms. The summed E-state index contributed by atoms with van der Waals surface area (Å²) in [6.45, 7) is 2.77. The number of carboxylic acids is 1. The van der Waals surface area contributed by atoms with E-state index in [4.69, 9.17) is 5.11 Å². The van der Waals surface area contributed by atoms with E-state index in [1.165, 1.54) is 12.5 Å². The average molecular weight is 281 g/mol. The molecule has 1 fully saturated rings. The molecule has 1 aromatic heterocycles. The van der Waals surface area contributed by atoms with Crippen molar-refractivity contribution in [2.75, 3.05) is 19.6 Å². The molecule has 0 radical (unpaired) electrons. The van der Waals surface area contributed by atoms with Gasteiger partial charge >= 0.3 is 12.0 Å². The van der Waals surface area contributed by atoms with E-state index in [9.17, 15) is 9.59 Å². The Morgan fingerprint density at radius 1 is 1.45 bits per heavy atom. The van der Waals surface area contributed by atoms with Crippen LogP contribution in [-0.2, 0) is 6.54 Å². The molecule has 0 unspecified atom stereocenters. The summed E-state index contributed by atoms with van der Waals surface area (Å²) in [7, 11) is 0. The van der Waals surface area contributed by atoms with Gasteiger partial charge < -0.3 is 25.6 Å². The Kier molecular flexibility index (Phi) is 4.94. The Morgan fingerprint density at radius 2 is 2.20 bits per heavy atom. The summed E-state index contributed by atoms with van der Waals surface area (Å²) in [6.07, 6.45) is 4.76. The maximum atomic E-state index is 11.7. The fourth-order valence-electron chi connectivity index (χ4n) is 2.09. The van der Waals surface area contributed by atoms with E-state index in [2.05, 4.69) is 20.9 Å². The van der Waals surface area contributed by atoms with Crippen molar-refractivity contribution in [3.63, 3.8) is 0 Å². The van der Waals surface area contributed by atoms with Crippen molar-refractivity contribution in [1.82, 2.24) is 25.5 Å². The van der Waals surface area contributed by atoms with Crippen LogP contribution in [0.1, 0.15) is 23.3 Å². The van der Waals surface area contributed by atoms with Gasteiger partial charge in [0, 0.05) is 25.3 Å². The van der Waals surface area contributed by atoms with Crippen LogP contribution in [0.4, 0.5) is 4.79 Å². The maximum absolute atomic E-state index is 11.7. The standard InChI is InChI=1S/C12H19N5O3/c18-11(19)10-7-17(8-15-10)6-5-14-12(20)16-9-1-3-13-4-2-9/h7-9,13H,1-6H2,(H,18,19)(H2,14,16,20). The smallest absolute Gasteiger partial charge is 0.356 e. The highest BCUT2D eigenvalue weighted by Gasteiger charge is 2.14. The maximum Gasteiger partial charge on any atom is 0.356 e. The molecule has 1 aliphatic heterocycles. The monoisotopic (exact) mass is 281 g/mol. The lowest BCUT2D eigenvalue weighted by atomic mass is 10.1. The first-order valence-corrected chi connectivity index (χ1v) is 6.65. The number of carbonyl (C=O) groups is 2. The molecule has 0 spiro atoms. The predicted molar refractivity (Wildman–Crippen MR) is 71.6 cm³/mol. The van der Waals surface area contributed by atoms with Crippen molar-refractivity contribution < 1.29 is 14.7 Å². The number of nitrogens with one attached hydrogen (secondary N) is 3. The van der Waals surface area contributed by atoms with Gasteiger partial charge in [0.05, 0.1) is 6.33 Å². The molecule has 8 heteroatoms. The first-order valence-electron chi connectivity index (χ1n) is 6.65. The van der Waals surface area contributed by atoms with Gasteiger partial charge in [-0.2, -0.15) is 0 Å². The van der Waals surface area contributed by atoms with Crippen LogP contribution in [0.5, 0.6) is 0 Å². The van der Waals surface area contributed by atoms with Gasteiger partial charge in [-0.05, 0) is 25.9 Å². The highest BCUT2D eigenvalue weighted by Crippen LogP contribution is 2.01. The van der Waals surface area contributed by atoms with Gasteiger partial charge in [-0.1, -0.05) is 0 Å². The number of piperidine rings is 1. The normalized spacial score (nSPS) is 15.8. The number of amides is 2. The van der Waals surface area contributed by atoms with Crippen molar-refractivity contribution in [2.24, 2.45) is 0 Å². The van der Waals surface area contributed by atoms with Gasteiger partial charge in [0.2, 0.25) is 0 Å². The van der Waals surface area contributed by atoms with Gasteiger partial charge in [0.25, 0.3) is 0 Å². The number of nitrogens with zero attached hydrogens (tertiary/aromatic N) is 2. The molecular formula is C12H19N5O3. The quantitative estimate of drug-likeness (QED) is 0.589. The van der Waals surface area contributed by atoms with Gasteiger partial charge in [0.1, 0.15) is 0 Å². The van der Waals surface area contributed by atoms with Crippen LogP contribution in [0.2, 0.25) is 0 Å². The van der Waals surface area contributed by atoms with Crippen molar-refractivity contribution >= 4 is 12.0 Å². The number of hydrogen-bond acceptors (Lipinski definition) is 4. The Hall–Kier alpha value is -2.09. The van der Waals surface area contributed by atoms with E-state index in [1.807, 2.05) is 0 Å². The molecule has 1 aromatic rings. The second kappa shape index (κ2) is 6.90. The minimum atomic E-state index is -1.06. The summed E-state index contributed by atoms with van der Waals surface area (Å²) in [5.41, 5.74) is 0.00385. The molecule has 20 heavy (non-hydrogen) atoms. The molecule has 0 aliphatic carbocycles. The fourth-order valence-corrected chi connectivity index (χ4v) is 2.09. The van der Waals surface area contributed by atoms with Crippen LogP contribution in [0.25, 0.3) is 0 Å². The van der Waals surface area contributed by atoms with Crippen LogP contribution in [0.15, 0.2) is 12.5 Å². The third-order valence-corrected chi connectivity index (χ3v) is 3.18. The molecule has 0 saturated carbocycles. The average Bonchev–Trinajstić information content (AvgIpc) is 2.89. The van der Waals surface area contributed by atoms with E-state index in [-0.39, 0.29) is 17.8 Å². The zero-order valence-electron chi connectivity index (χ0n) is 11.1. The highest BCUT2D eigenvalue weighted by atomic mass is 16.4. The van der Waals surface area contributed by atoms with Crippen LogP contribution in [-0.4, -0.2) is 52.3 Å². The number of rotatable bonds is 5. The van der Waals surface area contributed by atoms with Crippen LogP contribution < -0.4 is 16.0 Å². The summed E-state index contributed by atoms with van der Waals surface area (Å²) in [6, 6.07) is 0.0404. The summed E-state index contributed by atoms with van der Waals surface area (Å²) in [5, 5.41) is 17.6. The van der Waals surface area contributed by atoms with Crippen molar-refractivity contribution in [3.05, 3.63) is 18.2 Å². The third kappa shape index (κ3) is 4.23. The van der Waals surface area contributed by atoms with Crippen LogP contribution in [0.3, 0.4) is 0 Å². The Morgan fingerprint density at radius 3 is 2.85 bits per heavy atom. The van der Waals surface area contributed by atoms with Gasteiger partial charge in [-0.3, -0.25) is 0 Å². The van der Waals surface area contributed by atoms with Crippen molar-refractivity contribution in [1.29, 1.82) is 0 Å². The van der Waals surface area contributed by atoms with Crippen molar-refractivity contribution in [2.45, 2.75) is 25.4 Å². The Balaban J connectivity index is 1.66. The van der Waals surface area contributed by atoms with E-state index in [1.54, 1.807) is 4.57 Å². The first kappa shape index (κ1) is 14.3. The highest BCUT2D eigenvalue weighted by molar-refractivity contribution is 5.84. The number of carbonyl (C=O) groups excluding carboxylic acids is 1. The fraction of sp³-hybridized carbons (Fsp3) is 0.583. The van der Waals surface area contributed by atoms with E-state index in [0.29, 0.717) is 13.1 Å². The minimum absolute atomic E-state index is 0.00385. The van der Waals surface area contributed by atoms with Crippen molar-refractivity contribution in [3.8, 4) is 0 Å². The van der Waals surface area contributed by atoms with Crippen LogP contribution >= 0.6 is 0 Å². The molecule has 0 aromatic carbocycles. The molecule has 4 N–H and O–H groups in total. The number of aromatic nitrogens is 2. The molecule has 110 valence electrons. The summed E-state index contributed by atoms with van der Waals surface area (Å²) >= 11 is 0. The lowest BCUT2D eigenvalue weighted by Gasteiger charge is -2.23. The third-order valence-electron chi connectivity index (χ3n) is 3.18. The van der Waals surface area contributed by atoms with E-state index >= 15 is 0 Å². The lowest BCUT2D eigenvalue weighted by molar-refractivity contribution is 0.0691. The molecule has 8 nitrogen and oxygen atoms in total. The lowest BCUT2D eigenvalue weighted by Crippen LogP contribution is -2.47. The molecule has 2 rings (SSSR count). The molecule has 1 saturated heterocycles. The minimum Gasteiger partial charge on any atom is -0.476 e. The van der Waals surface area contributed by atoms with Gasteiger partial charge in [-0.25, -0.2) is 14.6 Å². The molecular weight excluding hydrogens is 262 g/mol. The molecule has 0 atom stereocenters. The second-order valence-electron chi connectivity index (χ2n) is 4.73. The zero-order chi connectivity index (χ0) is 14.4. The number of hydrogen-bond donors (Lipinski definition) is 4. The summed E-state index contributed by atoms with van der Waals surface area (Å²) in [5.74, 6) is -1.06. The predicted octanol–water partition coefficient (Wildman–Crippen LogP) is -0.367. The first-order chi connectivity index (χ1) is 9.65. The number of aromatic carboxylic acids is 1. The summed E-state index contributed by atoms with van der Waals surface area (Å²) in [4.78, 5) is 26.0. The molecule has 2 amide bonds. The van der Waals surface area contributed by atoms with Crippen LogP contribution in [0, 0.1) is 0 Å². The van der Waals surface area contributed by atoms with E-state index < -0.39 is 5.97 Å². The summed E-state index contributed by atoms with van der Waals surface area (Å²) < 4.78 is 1.63.